The standard InChI is InChI=1S/C11H22O4/c1-4-7-13-8-9-15-10(5-2)11(12)14-6-3/h10H,4-9H2,1-3H3. The Labute approximate surface area is 91.9 Å². The molecule has 15 heavy (non-hydrogen) atoms. The number of carbonyl (C=O) groups excluding carboxylic acids is 1. The Kier molecular flexibility index (Phi) is 9.52. The van der Waals surface area contributed by atoms with Crippen LogP contribution in [0.4, 0.5) is 0 Å². The summed E-state index contributed by atoms with van der Waals surface area (Å²) in [6.07, 6.45) is 1.18. The number of hydrogen-bond donors (Lipinski definition) is 0. The van der Waals surface area contributed by atoms with Gasteiger partial charge in [0.1, 0.15) is 0 Å². The first-order valence-electron chi connectivity index (χ1n) is 5.62. The first-order valence-corrected chi connectivity index (χ1v) is 5.62. The van der Waals surface area contributed by atoms with Gasteiger partial charge < -0.3 is 14.2 Å². The number of hydrogen-bond acceptors (Lipinski definition) is 4. The third kappa shape index (κ3) is 7.33. The first kappa shape index (κ1) is 14.4. The Bertz CT molecular complexity index is 159. The lowest BCUT2D eigenvalue weighted by Gasteiger charge is -2.14. The second kappa shape index (κ2) is 9.93. The summed E-state index contributed by atoms with van der Waals surface area (Å²) in [5.74, 6) is -0.282. The first-order chi connectivity index (χ1) is 7.26. The van der Waals surface area contributed by atoms with Crippen molar-refractivity contribution in [3.63, 3.8) is 0 Å². The molecule has 1 atom stereocenters. The zero-order chi connectivity index (χ0) is 11.5. The Morgan fingerprint density at radius 2 is 1.87 bits per heavy atom. The molecule has 0 amide bonds. The van der Waals surface area contributed by atoms with Gasteiger partial charge in [0.25, 0.3) is 0 Å². The van der Waals surface area contributed by atoms with Crippen LogP contribution < -0.4 is 0 Å². The summed E-state index contributed by atoms with van der Waals surface area (Å²) in [5, 5.41) is 0. The minimum absolute atomic E-state index is 0.282. The number of rotatable bonds is 9. The zero-order valence-corrected chi connectivity index (χ0v) is 9.95. The third-order valence-electron chi connectivity index (χ3n) is 1.82. The summed E-state index contributed by atoms with van der Waals surface area (Å²) in [7, 11) is 0. The summed E-state index contributed by atoms with van der Waals surface area (Å²) >= 11 is 0. The highest BCUT2D eigenvalue weighted by Gasteiger charge is 2.17. The molecule has 0 bridgehead atoms. The van der Waals surface area contributed by atoms with Gasteiger partial charge in [-0.1, -0.05) is 13.8 Å². The smallest absolute Gasteiger partial charge is 0.335 e. The maximum atomic E-state index is 11.3. The second-order valence-corrected chi connectivity index (χ2v) is 3.13. The van der Waals surface area contributed by atoms with Crippen molar-refractivity contribution in [2.45, 2.75) is 39.7 Å². The van der Waals surface area contributed by atoms with Gasteiger partial charge in [-0.15, -0.1) is 0 Å². The molecule has 0 saturated heterocycles. The van der Waals surface area contributed by atoms with Gasteiger partial charge in [0.2, 0.25) is 0 Å². The van der Waals surface area contributed by atoms with Crippen molar-refractivity contribution in [2.75, 3.05) is 26.4 Å². The van der Waals surface area contributed by atoms with Crippen molar-refractivity contribution in [3.8, 4) is 0 Å². The lowest BCUT2D eigenvalue weighted by molar-refractivity contribution is -0.157. The predicted molar refractivity (Wildman–Crippen MR) is 57.8 cm³/mol. The van der Waals surface area contributed by atoms with E-state index >= 15 is 0 Å². The second-order valence-electron chi connectivity index (χ2n) is 3.13. The van der Waals surface area contributed by atoms with Crippen molar-refractivity contribution < 1.29 is 19.0 Å². The van der Waals surface area contributed by atoms with E-state index in [1.807, 2.05) is 13.8 Å². The monoisotopic (exact) mass is 218 g/mol. The summed E-state index contributed by atoms with van der Waals surface area (Å²) in [5.41, 5.74) is 0. The van der Waals surface area contributed by atoms with Crippen molar-refractivity contribution >= 4 is 5.97 Å². The van der Waals surface area contributed by atoms with Crippen LogP contribution in [0.2, 0.25) is 0 Å². The van der Waals surface area contributed by atoms with Crippen LogP contribution in [-0.2, 0) is 19.0 Å². The van der Waals surface area contributed by atoms with Crippen molar-refractivity contribution in [1.29, 1.82) is 0 Å². The fourth-order valence-electron chi connectivity index (χ4n) is 1.08. The molecule has 4 heteroatoms. The lowest BCUT2D eigenvalue weighted by atomic mass is 10.3. The summed E-state index contributed by atoms with van der Waals surface area (Å²) < 4.78 is 15.5. The van der Waals surface area contributed by atoms with Gasteiger partial charge in [-0.2, -0.15) is 0 Å². The van der Waals surface area contributed by atoms with Gasteiger partial charge in [-0.05, 0) is 19.8 Å². The van der Waals surface area contributed by atoms with Crippen LogP contribution in [0.3, 0.4) is 0 Å². The molecule has 0 aliphatic carbocycles. The molecule has 0 heterocycles. The number of esters is 1. The van der Waals surface area contributed by atoms with Crippen LogP contribution in [0, 0.1) is 0 Å². The Balaban J connectivity index is 3.56. The molecule has 0 saturated carbocycles. The quantitative estimate of drug-likeness (QED) is 0.437. The third-order valence-corrected chi connectivity index (χ3v) is 1.82. The molecule has 0 spiro atoms. The van der Waals surface area contributed by atoms with Gasteiger partial charge >= 0.3 is 5.97 Å². The minimum Gasteiger partial charge on any atom is -0.464 e. The summed E-state index contributed by atoms with van der Waals surface area (Å²) in [4.78, 5) is 11.3. The van der Waals surface area contributed by atoms with Gasteiger partial charge in [0.05, 0.1) is 19.8 Å². The number of carbonyl (C=O) groups is 1. The van der Waals surface area contributed by atoms with Gasteiger partial charge in [0.15, 0.2) is 6.10 Å². The largest absolute Gasteiger partial charge is 0.464 e. The van der Waals surface area contributed by atoms with Crippen molar-refractivity contribution in [2.24, 2.45) is 0 Å². The molecule has 0 aromatic rings. The molecule has 0 rings (SSSR count). The van der Waals surface area contributed by atoms with Crippen LogP contribution >= 0.6 is 0 Å². The predicted octanol–water partition coefficient (Wildman–Crippen LogP) is 1.77. The maximum Gasteiger partial charge on any atom is 0.335 e. The molecular formula is C11H22O4. The number of ether oxygens (including phenoxy) is 3. The molecule has 0 radical (unpaired) electrons. The van der Waals surface area contributed by atoms with Crippen LogP contribution in [0.25, 0.3) is 0 Å². The lowest BCUT2D eigenvalue weighted by Crippen LogP contribution is -2.27. The topological polar surface area (TPSA) is 44.8 Å². The molecule has 0 fully saturated rings. The highest BCUT2D eigenvalue weighted by molar-refractivity contribution is 5.74. The van der Waals surface area contributed by atoms with Gasteiger partial charge in [-0.3, -0.25) is 0 Å². The molecule has 4 nitrogen and oxygen atoms in total. The Hall–Kier alpha value is -0.610. The fraction of sp³-hybridized carbons (Fsp3) is 0.909. The van der Waals surface area contributed by atoms with Crippen LogP contribution in [0.1, 0.15) is 33.6 Å². The van der Waals surface area contributed by atoms with E-state index in [1.165, 1.54) is 0 Å². The van der Waals surface area contributed by atoms with Crippen molar-refractivity contribution in [3.05, 3.63) is 0 Å². The Morgan fingerprint density at radius 1 is 1.13 bits per heavy atom. The highest BCUT2D eigenvalue weighted by atomic mass is 16.6. The van der Waals surface area contributed by atoms with E-state index < -0.39 is 6.10 Å². The molecule has 1 unspecified atom stereocenters. The van der Waals surface area contributed by atoms with E-state index in [-0.39, 0.29) is 5.97 Å². The average Bonchev–Trinajstić information content (AvgIpc) is 2.23. The van der Waals surface area contributed by atoms with E-state index in [0.717, 1.165) is 13.0 Å². The SMILES string of the molecule is CCCOCCOC(CC)C(=O)OCC. The molecule has 0 aliphatic rings. The summed E-state index contributed by atoms with van der Waals surface area (Å²) in [6, 6.07) is 0. The van der Waals surface area contributed by atoms with Gasteiger partial charge in [0, 0.05) is 6.61 Å². The highest BCUT2D eigenvalue weighted by Crippen LogP contribution is 2.01. The van der Waals surface area contributed by atoms with E-state index in [0.29, 0.717) is 26.2 Å². The molecule has 0 aromatic carbocycles. The fourth-order valence-corrected chi connectivity index (χ4v) is 1.08. The van der Waals surface area contributed by atoms with Gasteiger partial charge in [-0.25, -0.2) is 4.79 Å². The van der Waals surface area contributed by atoms with E-state index in [9.17, 15) is 4.79 Å². The molecular weight excluding hydrogens is 196 g/mol. The maximum absolute atomic E-state index is 11.3. The Morgan fingerprint density at radius 3 is 2.40 bits per heavy atom. The van der Waals surface area contributed by atoms with Crippen LogP contribution in [-0.4, -0.2) is 38.5 Å². The normalized spacial score (nSPS) is 12.5. The minimum atomic E-state index is -0.449. The summed E-state index contributed by atoms with van der Waals surface area (Å²) in [6.45, 7) is 7.84. The van der Waals surface area contributed by atoms with Crippen LogP contribution in [0.15, 0.2) is 0 Å². The molecule has 90 valence electrons. The van der Waals surface area contributed by atoms with E-state index in [1.54, 1.807) is 6.92 Å². The zero-order valence-electron chi connectivity index (χ0n) is 9.95. The molecule has 0 aromatic heterocycles. The molecule has 0 N–H and O–H groups in total. The molecule has 0 aliphatic heterocycles. The van der Waals surface area contributed by atoms with E-state index in [4.69, 9.17) is 14.2 Å². The average molecular weight is 218 g/mol. The van der Waals surface area contributed by atoms with Crippen molar-refractivity contribution in [1.82, 2.24) is 0 Å². The van der Waals surface area contributed by atoms with Crippen LogP contribution in [0.5, 0.6) is 0 Å². The van der Waals surface area contributed by atoms with E-state index in [2.05, 4.69) is 0 Å².